The molecule has 1 fully saturated rings. The molecule has 0 radical (unpaired) electrons. The molecule has 1 aliphatic heterocycles. The highest BCUT2D eigenvalue weighted by atomic mass is 16.5. The second kappa shape index (κ2) is 8.97. The van der Waals surface area contributed by atoms with Crippen LogP contribution in [0.5, 0.6) is 0 Å². The molecule has 29 heavy (non-hydrogen) atoms. The Morgan fingerprint density at radius 3 is 2.59 bits per heavy atom. The lowest BCUT2D eigenvalue weighted by Crippen LogP contribution is -2.64. The molecule has 3 rings (SSSR count). The Bertz CT molecular complexity index is 770. The van der Waals surface area contributed by atoms with Gasteiger partial charge in [-0.05, 0) is 37.8 Å². The van der Waals surface area contributed by atoms with E-state index in [1.807, 2.05) is 29.2 Å². The van der Waals surface area contributed by atoms with Crippen LogP contribution in [-0.2, 0) is 14.3 Å². The molecule has 1 aromatic rings. The van der Waals surface area contributed by atoms with E-state index < -0.39 is 11.5 Å². The minimum Gasteiger partial charge on any atom is -0.469 e. The van der Waals surface area contributed by atoms with Gasteiger partial charge in [-0.15, -0.1) is 0 Å². The van der Waals surface area contributed by atoms with E-state index in [-0.39, 0.29) is 36.8 Å². The summed E-state index contributed by atoms with van der Waals surface area (Å²) in [5.74, 6) is -0.846. The average molecular weight is 401 g/mol. The van der Waals surface area contributed by atoms with Gasteiger partial charge < -0.3 is 15.0 Å². The number of hydrogen-bond donors (Lipinski definition) is 1. The quantitative estimate of drug-likeness (QED) is 0.743. The normalized spacial score (nSPS) is 21.4. The zero-order valence-corrected chi connectivity index (χ0v) is 17.7. The Morgan fingerprint density at radius 2 is 1.93 bits per heavy atom. The zero-order chi connectivity index (χ0) is 21.0. The number of nitrogens with one attached hydrogen (secondary N) is 1. The summed E-state index contributed by atoms with van der Waals surface area (Å²) in [6, 6.07) is 7.56. The predicted molar refractivity (Wildman–Crippen MR) is 111 cm³/mol. The molecule has 2 amide bonds. The number of rotatable bonds is 6. The molecular formula is C23H32N2O4. The van der Waals surface area contributed by atoms with Gasteiger partial charge in [-0.25, -0.2) is 0 Å². The Hall–Kier alpha value is -2.37. The third kappa shape index (κ3) is 3.89. The monoisotopic (exact) mass is 400 g/mol. The first-order chi connectivity index (χ1) is 14.0. The molecule has 6 nitrogen and oxygen atoms in total. The Kier molecular flexibility index (Phi) is 6.60. The molecule has 1 spiro atoms. The summed E-state index contributed by atoms with van der Waals surface area (Å²) in [5, 5.41) is 2.94. The minimum absolute atomic E-state index is 0.0375. The van der Waals surface area contributed by atoms with Crippen LogP contribution in [0.2, 0.25) is 0 Å². The number of amides is 2. The van der Waals surface area contributed by atoms with Gasteiger partial charge in [-0.1, -0.05) is 44.4 Å². The number of esters is 1. The van der Waals surface area contributed by atoms with Gasteiger partial charge in [-0.2, -0.15) is 0 Å². The highest BCUT2D eigenvalue weighted by Crippen LogP contribution is 2.50. The number of carbonyl (C=O) groups is 3. The summed E-state index contributed by atoms with van der Waals surface area (Å²) >= 11 is 0. The van der Waals surface area contributed by atoms with Crippen LogP contribution in [0, 0.1) is 0 Å². The van der Waals surface area contributed by atoms with Gasteiger partial charge in [0.1, 0.15) is 0 Å². The lowest BCUT2D eigenvalue weighted by Gasteiger charge is -2.55. The summed E-state index contributed by atoms with van der Waals surface area (Å²) in [6.45, 7) is 4.40. The number of benzene rings is 1. The minimum atomic E-state index is -0.505. The number of hydrogen-bond acceptors (Lipinski definition) is 4. The van der Waals surface area contributed by atoms with E-state index in [0.29, 0.717) is 5.56 Å². The Labute approximate surface area is 173 Å². The van der Waals surface area contributed by atoms with E-state index in [9.17, 15) is 14.4 Å². The molecule has 0 bridgehead atoms. The first kappa shape index (κ1) is 21.3. The molecule has 0 aromatic heterocycles. The maximum Gasteiger partial charge on any atom is 0.307 e. The molecule has 0 saturated heterocycles. The third-order valence-corrected chi connectivity index (χ3v) is 6.61. The maximum absolute atomic E-state index is 13.5. The Balaban J connectivity index is 2.03. The molecule has 2 unspecified atom stereocenters. The lowest BCUT2D eigenvalue weighted by atomic mass is 9.64. The third-order valence-electron chi connectivity index (χ3n) is 6.61. The van der Waals surface area contributed by atoms with E-state index >= 15 is 0 Å². The van der Waals surface area contributed by atoms with Crippen LogP contribution in [0.25, 0.3) is 0 Å². The molecule has 1 heterocycles. The second-order valence-electron chi connectivity index (χ2n) is 8.23. The maximum atomic E-state index is 13.5. The topological polar surface area (TPSA) is 75.7 Å². The van der Waals surface area contributed by atoms with Crippen molar-refractivity contribution in [3.63, 3.8) is 0 Å². The fourth-order valence-electron chi connectivity index (χ4n) is 5.10. The van der Waals surface area contributed by atoms with Crippen molar-refractivity contribution in [2.24, 2.45) is 0 Å². The van der Waals surface area contributed by atoms with E-state index in [1.54, 1.807) is 0 Å². The summed E-state index contributed by atoms with van der Waals surface area (Å²) < 4.78 is 4.68. The fourth-order valence-corrected chi connectivity index (χ4v) is 5.10. The molecular weight excluding hydrogens is 368 g/mol. The van der Waals surface area contributed by atoms with Gasteiger partial charge in [0.05, 0.1) is 25.0 Å². The van der Waals surface area contributed by atoms with Crippen molar-refractivity contribution in [2.75, 3.05) is 13.7 Å². The Morgan fingerprint density at radius 1 is 1.24 bits per heavy atom. The van der Waals surface area contributed by atoms with Crippen molar-refractivity contribution in [3.8, 4) is 0 Å². The highest BCUT2D eigenvalue weighted by Gasteiger charge is 2.55. The standard InChI is InChI=1S/C23H32N2O4/c1-4-16(2)25-22(28)18-11-7-6-10-17(18)20(23(25)13-8-5-9-14-23)21(27)24-15-12-19(26)29-3/h6-7,10-11,16,20H,4-5,8-9,12-15H2,1-3H3,(H,24,27). The fraction of sp³-hybridized carbons (Fsp3) is 0.609. The molecule has 1 aromatic carbocycles. The van der Waals surface area contributed by atoms with Gasteiger partial charge in [0.15, 0.2) is 0 Å². The summed E-state index contributed by atoms with van der Waals surface area (Å²) in [7, 11) is 1.34. The largest absolute Gasteiger partial charge is 0.469 e. The summed E-state index contributed by atoms with van der Waals surface area (Å²) in [4.78, 5) is 40.5. The number of fused-ring (bicyclic) bond motifs is 1. The highest BCUT2D eigenvalue weighted by molar-refractivity contribution is 6.02. The van der Waals surface area contributed by atoms with Gasteiger partial charge >= 0.3 is 5.97 Å². The zero-order valence-electron chi connectivity index (χ0n) is 17.7. The van der Waals surface area contributed by atoms with Crippen LogP contribution in [0.4, 0.5) is 0 Å². The van der Waals surface area contributed by atoms with Gasteiger partial charge in [-0.3, -0.25) is 14.4 Å². The first-order valence-corrected chi connectivity index (χ1v) is 10.7. The van der Waals surface area contributed by atoms with Crippen LogP contribution in [0.3, 0.4) is 0 Å². The van der Waals surface area contributed by atoms with Crippen LogP contribution >= 0.6 is 0 Å². The molecule has 1 saturated carbocycles. The van der Waals surface area contributed by atoms with Crippen LogP contribution in [-0.4, -0.2) is 47.9 Å². The van der Waals surface area contributed by atoms with Gasteiger partial charge in [0.2, 0.25) is 5.91 Å². The van der Waals surface area contributed by atoms with E-state index in [2.05, 4.69) is 23.9 Å². The van der Waals surface area contributed by atoms with E-state index in [4.69, 9.17) is 0 Å². The molecule has 1 aliphatic carbocycles. The summed E-state index contributed by atoms with van der Waals surface area (Å²) in [6.07, 6.45) is 5.77. The van der Waals surface area contributed by atoms with Crippen molar-refractivity contribution >= 4 is 17.8 Å². The van der Waals surface area contributed by atoms with Gasteiger partial charge in [0.25, 0.3) is 5.91 Å². The summed E-state index contributed by atoms with van der Waals surface area (Å²) in [5.41, 5.74) is 0.931. The van der Waals surface area contributed by atoms with Crippen LogP contribution in [0.15, 0.2) is 24.3 Å². The smallest absolute Gasteiger partial charge is 0.307 e. The van der Waals surface area contributed by atoms with Crippen molar-refractivity contribution in [1.82, 2.24) is 10.2 Å². The van der Waals surface area contributed by atoms with Crippen molar-refractivity contribution in [2.45, 2.75) is 76.3 Å². The van der Waals surface area contributed by atoms with E-state index in [0.717, 1.165) is 44.1 Å². The average Bonchev–Trinajstić information content (AvgIpc) is 2.74. The number of carbonyl (C=O) groups excluding carboxylic acids is 3. The SMILES string of the molecule is CCC(C)N1C(=O)c2ccccc2C(C(=O)NCCC(=O)OC)C12CCCCC2. The predicted octanol–water partition coefficient (Wildman–Crippen LogP) is 3.41. The van der Waals surface area contributed by atoms with Crippen molar-refractivity contribution in [3.05, 3.63) is 35.4 Å². The van der Waals surface area contributed by atoms with E-state index in [1.165, 1.54) is 7.11 Å². The van der Waals surface area contributed by atoms with Crippen LogP contribution < -0.4 is 5.32 Å². The molecule has 1 N–H and O–H groups in total. The second-order valence-corrected chi connectivity index (χ2v) is 8.23. The number of nitrogens with zero attached hydrogens (tertiary/aromatic N) is 1. The molecule has 2 atom stereocenters. The molecule has 2 aliphatic rings. The number of ether oxygens (including phenoxy) is 1. The number of methoxy groups -OCH3 is 1. The molecule has 6 heteroatoms. The lowest BCUT2D eigenvalue weighted by molar-refractivity contribution is -0.140. The van der Waals surface area contributed by atoms with Crippen molar-refractivity contribution < 1.29 is 19.1 Å². The first-order valence-electron chi connectivity index (χ1n) is 10.7. The van der Waals surface area contributed by atoms with Crippen LogP contribution in [0.1, 0.15) is 80.6 Å². The van der Waals surface area contributed by atoms with Gasteiger partial charge in [0, 0.05) is 18.2 Å². The van der Waals surface area contributed by atoms with Crippen molar-refractivity contribution in [1.29, 1.82) is 0 Å². The molecule has 158 valence electrons.